The Hall–Kier alpha value is -16.0. The lowest BCUT2D eigenvalue weighted by Gasteiger charge is -2.08. The van der Waals surface area contributed by atoms with Crippen LogP contribution in [0.25, 0.3) is 99.7 Å². The summed E-state index contributed by atoms with van der Waals surface area (Å²) in [5, 5.41) is 5.93. The predicted octanol–water partition coefficient (Wildman–Crippen LogP) is 20.5. The molecule has 0 amide bonds. The maximum absolute atomic E-state index is 13.6. The van der Waals surface area contributed by atoms with Crippen LogP contribution in [0.4, 0.5) is 10.1 Å². The molecule has 0 aliphatic heterocycles. The average molecular weight is 1600 g/mol. The summed E-state index contributed by atoms with van der Waals surface area (Å²) in [7, 11) is 0. The van der Waals surface area contributed by atoms with Gasteiger partial charge in [0.1, 0.15) is 11.6 Å². The molecule has 21 rings (SSSR count). The Balaban J connectivity index is 0.000000107. The molecule has 0 spiro atoms. The van der Waals surface area contributed by atoms with Gasteiger partial charge in [0.25, 0.3) is 0 Å². The van der Waals surface area contributed by atoms with Crippen LogP contribution in [-0.4, -0.2) is 87.2 Å². The summed E-state index contributed by atoms with van der Waals surface area (Å²) in [4.78, 5) is 51.3. The summed E-state index contributed by atoms with van der Waals surface area (Å²) < 4.78 is 42.7. The first-order chi connectivity index (χ1) is 59.3. The molecule has 16 aromatic heterocycles. The number of benzene rings is 5. The van der Waals surface area contributed by atoms with Gasteiger partial charge in [-0.2, -0.15) is 0 Å². The van der Waals surface area contributed by atoms with Crippen LogP contribution in [0.15, 0.2) is 406 Å². The zero-order valence-corrected chi connectivity index (χ0v) is 65.6. The van der Waals surface area contributed by atoms with E-state index in [-0.39, 0.29) is 5.82 Å². The van der Waals surface area contributed by atoms with Crippen molar-refractivity contribution in [2.45, 2.75) is 39.3 Å². The number of hydrogen-bond donors (Lipinski definition) is 1. The first-order valence-electron chi connectivity index (χ1n) is 38.4. The highest BCUT2D eigenvalue weighted by Crippen LogP contribution is 2.35. The average Bonchev–Trinajstić information content (AvgIpc) is 1.76. The summed E-state index contributed by atoms with van der Waals surface area (Å²) >= 11 is 1.76. The first-order valence-corrected chi connectivity index (χ1v) is 39.3. The Kier molecular flexibility index (Phi) is 25.3. The molecule has 0 atom stereocenters. The van der Waals surface area contributed by atoms with Crippen molar-refractivity contribution in [1.82, 2.24) is 87.2 Å². The maximum atomic E-state index is 13.6. The highest BCUT2D eigenvalue weighted by atomic mass is 32.1. The third-order valence-electron chi connectivity index (χ3n) is 19.2. The number of imidazole rings is 6. The summed E-state index contributed by atoms with van der Waals surface area (Å²) in [6.07, 6.45) is 52.6. The number of furan rings is 3. The molecule has 0 bridgehead atoms. The van der Waals surface area contributed by atoms with Crippen LogP contribution in [0.3, 0.4) is 0 Å². The van der Waals surface area contributed by atoms with E-state index < -0.39 is 0 Å². The third kappa shape index (κ3) is 20.6. The Morgan fingerprint density at radius 2 is 0.733 bits per heavy atom. The van der Waals surface area contributed by atoms with E-state index >= 15 is 0 Å². The predicted molar refractivity (Wildman–Crippen MR) is 466 cm³/mol. The van der Waals surface area contributed by atoms with Crippen molar-refractivity contribution in [3.63, 3.8) is 0 Å². The zero-order valence-electron chi connectivity index (χ0n) is 64.8. The Morgan fingerprint density at radius 3 is 1.19 bits per heavy atom. The Bertz CT molecular complexity index is 6440. The Labute approximate surface area is 694 Å². The summed E-state index contributed by atoms with van der Waals surface area (Å²) in [6.45, 7) is 4.59. The van der Waals surface area contributed by atoms with Crippen LogP contribution in [0.2, 0.25) is 0 Å². The SMILES string of the molecule is Fc1ccccc1-c1ccc(Cn2ccnc2)cn1.Nc1ccccc1-c1ccc(Cn2ccnc2)cn1.c1ccc2c(-c3ccc(Cn4ccnc4)cn3)cccc2c1.c1ccc2c(-c3ccc(Cn4ccnc4)cn3)csc2c1.c1cn(Cc2ccc(-c3ccoc3)nc2)cn1.c1coc(-c2cc(Cn3ccnc3)cnc2-c2ccoc2)c1. The van der Waals surface area contributed by atoms with Crippen LogP contribution >= 0.6 is 11.3 Å². The molecule has 0 radical (unpaired) electrons. The quantitative estimate of drug-likeness (QED) is 0.0739. The molecule has 0 fully saturated rings. The fourth-order valence-electron chi connectivity index (χ4n) is 13.2. The van der Waals surface area contributed by atoms with E-state index in [4.69, 9.17) is 19.0 Å². The van der Waals surface area contributed by atoms with Gasteiger partial charge in [-0.1, -0.05) is 121 Å². The van der Waals surface area contributed by atoms with Gasteiger partial charge >= 0.3 is 0 Å². The molecule has 5 aromatic carbocycles. The fourth-order valence-corrected chi connectivity index (χ4v) is 14.2. The Morgan fingerprint density at radius 1 is 0.325 bits per heavy atom. The third-order valence-corrected chi connectivity index (χ3v) is 20.2. The van der Waals surface area contributed by atoms with E-state index in [0.29, 0.717) is 24.3 Å². The van der Waals surface area contributed by atoms with Crippen LogP contribution in [0.5, 0.6) is 0 Å². The maximum Gasteiger partial charge on any atom is 0.136 e. The van der Waals surface area contributed by atoms with Crippen LogP contribution in [0, 0.1) is 5.82 Å². The molecule has 0 saturated carbocycles. The second-order valence-corrected chi connectivity index (χ2v) is 28.6. The van der Waals surface area contributed by atoms with Crippen molar-refractivity contribution in [2.24, 2.45) is 0 Å². The molecular formula is C96H78FN19O3S. The number of nitrogens with zero attached hydrogens (tertiary/aromatic N) is 18. The van der Waals surface area contributed by atoms with E-state index in [0.717, 1.165) is 111 Å². The van der Waals surface area contributed by atoms with E-state index in [1.807, 2.05) is 181 Å². The second kappa shape index (κ2) is 38.9. The number of fused-ring (bicyclic) bond motifs is 2. The van der Waals surface area contributed by atoms with Gasteiger partial charge in [-0.3, -0.25) is 29.9 Å². The first kappa shape index (κ1) is 78.0. The van der Waals surface area contributed by atoms with Gasteiger partial charge in [0.15, 0.2) is 0 Å². The molecule has 120 heavy (non-hydrogen) atoms. The molecule has 22 nitrogen and oxygen atoms in total. The van der Waals surface area contributed by atoms with Crippen molar-refractivity contribution in [3.05, 3.63) is 432 Å². The molecule has 0 unspecified atom stereocenters. The number of rotatable bonds is 19. The van der Waals surface area contributed by atoms with Crippen molar-refractivity contribution < 1.29 is 17.6 Å². The van der Waals surface area contributed by atoms with Crippen molar-refractivity contribution in [3.8, 4) is 78.9 Å². The number of nitrogen functional groups attached to an aromatic ring is 1. The smallest absolute Gasteiger partial charge is 0.136 e. The minimum Gasteiger partial charge on any atom is -0.472 e. The molecule has 0 saturated heterocycles. The number of anilines is 1. The number of para-hydroxylation sites is 1. The number of aromatic nitrogens is 18. The van der Waals surface area contributed by atoms with E-state index in [1.54, 1.807) is 130 Å². The fraction of sp³-hybridized carbons (Fsp3) is 0.0625. The van der Waals surface area contributed by atoms with Crippen LogP contribution < -0.4 is 5.73 Å². The van der Waals surface area contributed by atoms with E-state index in [2.05, 4.69) is 174 Å². The number of pyridine rings is 6. The second-order valence-electron chi connectivity index (χ2n) is 27.6. The van der Waals surface area contributed by atoms with Gasteiger partial charge in [0.2, 0.25) is 0 Å². The summed E-state index contributed by atoms with van der Waals surface area (Å²) in [5.41, 5.74) is 25.6. The van der Waals surface area contributed by atoms with Crippen LogP contribution in [-0.2, 0) is 39.3 Å². The topological polar surface area (TPSA) is 250 Å². The van der Waals surface area contributed by atoms with E-state index in [9.17, 15) is 4.39 Å². The highest BCUT2D eigenvalue weighted by Gasteiger charge is 2.16. The van der Waals surface area contributed by atoms with Gasteiger partial charge in [-0.25, -0.2) is 34.3 Å². The monoisotopic (exact) mass is 1600 g/mol. The van der Waals surface area contributed by atoms with Gasteiger partial charge in [0.05, 0.1) is 110 Å². The van der Waals surface area contributed by atoms with Gasteiger partial charge in [-0.05, 0) is 129 Å². The lowest BCUT2D eigenvalue weighted by molar-refractivity contribution is 0.567. The highest BCUT2D eigenvalue weighted by molar-refractivity contribution is 7.17. The zero-order chi connectivity index (χ0) is 81.3. The normalized spacial score (nSPS) is 10.8. The summed E-state index contributed by atoms with van der Waals surface area (Å²) in [5.74, 6) is 0.536. The molecule has 2 N–H and O–H groups in total. The largest absolute Gasteiger partial charge is 0.472 e. The van der Waals surface area contributed by atoms with Gasteiger partial charge in [0, 0.05) is 204 Å². The molecular weight excluding hydrogens is 1520 g/mol. The molecule has 588 valence electrons. The summed E-state index contributed by atoms with van der Waals surface area (Å²) in [6, 6.07) is 67.7. The van der Waals surface area contributed by atoms with Crippen molar-refractivity contribution in [1.29, 1.82) is 0 Å². The standard InChI is InChI=1S/C19H15N3.C17H13N3O2.C17H13N3S.C15H12FN3.C15H14N4.C13H11N3O/c1-2-6-17-16(4-1)5-3-7-18(17)19-9-8-15(12-21-19)13-22-11-10-20-14-22;1-2-16(22-6-1)15-8-13(10-20-5-4-18-12-20)9-19-17(15)14-3-7-21-11-14;1-2-4-17-14(3-1)15(11-21-17)16-6-5-13(9-19-16)10-20-8-7-18-12-20;2*16-14-4-2-1-3-13(14)15-6-5-12(9-18-15)10-19-8-7-17-11-19;1-2-13(12-3-6-17-9-12)15-7-11(1)8-16-5-4-14-10-16/h1-12,14H,13H2;1-9,11-12H,10H2;1-9,11-12H,10H2;1-9,11H,10H2;1-9,11H,10,16H2;1-7,9-10H,8H2. The lowest BCUT2D eigenvalue weighted by atomic mass is 10.0. The van der Waals surface area contributed by atoms with Crippen LogP contribution in [0.1, 0.15) is 33.4 Å². The number of thiophene rings is 1. The molecule has 0 aliphatic rings. The number of hydrogen-bond acceptors (Lipinski definition) is 17. The van der Waals surface area contributed by atoms with Gasteiger partial charge < -0.3 is 46.4 Å². The number of halogens is 1. The van der Waals surface area contributed by atoms with Crippen molar-refractivity contribution >= 4 is 37.9 Å². The molecule has 16 heterocycles. The minimum absolute atomic E-state index is 0.252. The van der Waals surface area contributed by atoms with E-state index in [1.165, 1.54) is 49.2 Å². The number of nitrogens with two attached hydrogens (primary N) is 1. The minimum atomic E-state index is -0.252. The molecule has 21 aromatic rings. The van der Waals surface area contributed by atoms with Crippen molar-refractivity contribution in [2.75, 3.05) is 5.73 Å². The lowest BCUT2D eigenvalue weighted by Crippen LogP contribution is -1.99. The molecule has 24 heteroatoms. The molecule has 0 aliphatic carbocycles. The van der Waals surface area contributed by atoms with Gasteiger partial charge in [-0.15, -0.1) is 11.3 Å².